The average molecular weight is 533 g/mol. The zero-order valence-electron chi connectivity index (χ0n) is 26.2. The summed E-state index contributed by atoms with van der Waals surface area (Å²) in [5.74, 6) is 0. The Morgan fingerprint density at radius 1 is 0.744 bits per heavy atom. The van der Waals surface area contributed by atoms with E-state index in [1.165, 1.54) is 67.3 Å². The molecule has 3 aromatic rings. The number of benzene rings is 3. The van der Waals surface area contributed by atoms with E-state index in [2.05, 4.69) is 135 Å². The Kier molecular flexibility index (Phi) is 8.81. The van der Waals surface area contributed by atoms with Gasteiger partial charge in [-0.25, -0.2) is 0 Å². The highest BCUT2D eigenvalue weighted by molar-refractivity contribution is 6.96. The fourth-order valence-electron chi connectivity index (χ4n) is 6.94. The fourth-order valence-corrected chi connectivity index (χ4v) is 8.25. The number of hydrogen-bond donors (Lipinski definition) is 0. The summed E-state index contributed by atoms with van der Waals surface area (Å²) in [6.07, 6.45) is 7.38. The number of rotatable bonds is 7. The lowest BCUT2D eigenvalue weighted by atomic mass is 9.34. The first kappa shape index (κ1) is 29.2. The molecule has 1 aliphatic heterocycles. The Morgan fingerprint density at radius 2 is 1.26 bits per heavy atom. The van der Waals surface area contributed by atoms with E-state index in [1.807, 2.05) is 0 Å². The van der Waals surface area contributed by atoms with Crippen LogP contribution in [0.3, 0.4) is 0 Å². The molecular formula is C36H47BNSi. The molecule has 1 heterocycles. The van der Waals surface area contributed by atoms with Crippen LogP contribution >= 0.6 is 0 Å². The van der Waals surface area contributed by atoms with Crippen LogP contribution in [-0.2, 0) is 0 Å². The summed E-state index contributed by atoms with van der Waals surface area (Å²) in [5, 5.41) is 1.59. The van der Waals surface area contributed by atoms with Crippen molar-refractivity contribution in [1.29, 1.82) is 0 Å². The van der Waals surface area contributed by atoms with Gasteiger partial charge < -0.3 is 4.90 Å². The largest absolute Gasteiger partial charge is 0.370 e. The minimum atomic E-state index is -0.520. The molecule has 0 fully saturated rings. The van der Waals surface area contributed by atoms with Crippen LogP contribution in [0.2, 0.25) is 13.1 Å². The van der Waals surface area contributed by atoms with Gasteiger partial charge in [0.15, 0.2) is 0 Å². The lowest BCUT2D eigenvalue weighted by Crippen LogP contribution is -2.56. The molecule has 3 heteroatoms. The Bertz CT molecular complexity index is 1340. The molecule has 1 unspecified atom stereocenters. The van der Waals surface area contributed by atoms with Gasteiger partial charge in [-0.2, -0.15) is 0 Å². The van der Waals surface area contributed by atoms with Crippen molar-refractivity contribution in [2.45, 2.75) is 87.4 Å². The Morgan fingerprint density at radius 3 is 1.72 bits per heavy atom. The zero-order valence-corrected chi connectivity index (χ0v) is 27.2. The van der Waals surface area contributed by atoms with Crippen molar-refractivity contribution in [1.82, 2.24) is 4.90 Å². The smallest absolute Gasteiger partial charge is 0.242 e. The molecule has 1 nitrogen and oxygen atoms in total. The van der Waals surface area contributed by atoms with Crippen LogP contribution in [0.15, 0.2) is 65.5 Å². The molecule has 3 aromatic carbocycles. The fraction of sp³-hybridized carbons (Fsp3) is 0.389. The van der Waals surface area contributed by atoms with Crippen molar-refractivity contribution in [2.24, 2.45) is 0 Å². The van der Waals surface area contributed by atoms with Crippen molar-refractivity contribution >= 4 is 31.9 Å². The molecule has 203 valence electrons. The van der Waals surface area contributed by atoms with Crippen molar-refractivity contribution in [2.75, 3.05) is 7.05 Å². The normalized spacial score (nSPS) is 15.5. The molecule has 0 saturated heterocycles. The van der Waals surface area contributed by atoms with Gasteiger partial charge in [-0.1, -0.05) is 125 Å². The molecule has 0 saturated carbocycles. The van der Waals surface area contributed by atoms with E-state index in [9.17, 15) is 0 Å². The summed E-state index contributed by atoms with van der Waals surface area (Å²) in [5.41, 5.74) is 16.9. The Labute approximate surface area is 240 Å². The third kappa shape index (κ3) is 5.89. The monoisotopic (exact) mass is 532 g/mol. The van der Waals surface area contributed by atoms with Crippen LogP contribution in [0.4, 0.5) is 0 Å². The summed E-state index contributed by atoms with van der Waals surface area (Å²) in [7, 11) is 1.74. The minimum Gasteiger partial charge on any atom is -0.370 e. The van der Waals surface area contributed by atoms with Gasteiger partial charge in [-0.05, 0) is 83.0 Å². The third-order valence-electron chi connectivity index (χ3n) is 8.54. The first-order valence-electron chi connectivity index (χ1n) is 14.6. The van der Waals surface area contributed by atoms with Gasteiger partial charge in [-0.3, -0.25) is 0 Å². The van der Waals surface area contributed by atoms with Crippen molar-refractivity contribution in [3.05, 3.63) is 110 Å². The topological polar surface area (TPSA) is 3.24 Å². The molecule has 1 aliphatic rings. The van der Waals surface area contributed by atoms with Crippen LogP contribution in [0, 0.1) is 48.5 Å². The van der Waals surface area contributed by atoms with Gasteiger partial charge in [0.05, 0.1) is 14.8 Å². The van der Waals surface area contributed by atoms with Crippen molar-refractivity contribution in [3.63, 3.8) is 0 Å². The maximum atomic E-state index is 2.57. The van der Waals surface area contributed by atoms with E-state index in [4.69, 9.17) is 0 Å². The van der Waals surface area contributed by atoms with Gasteiger partial charge in [-0.15, -0.1) is 0 Å². The first-order chi connectivity index (χ1) is 18.4. The summed E-state index contributed by atoms with van der Waals surface area (Å²) in [6.45, 7) is 23.2. The van der Waals surface area contributed by atoms with Crippen LogP contribution in [0.5, 0.6) is 0 Å². The molecule has 4 rings (SSSR count). The summed E-state index contributed by atoms with van der Waals surface area (Å²) in [4.78, 5) is 2.46. The molecule has 0 N–H and O–H groups in total. The first-order valence-corrected chi connectivity index (χ1v) is 17.1. The molecule has 0 spiro atoms. The zero-order chi connectivity index (χ0) is 28.6. The lowest BCUT2D eigenvalue weighted by molar-refractivity contribution is 0.383. The quantitative estimate of drug-likeness (QED) is 0.290. The summed E-state index contributed by atoms with van der Waals surface area (Å²) in [6, 6.07) is 17.0. The molecule has 0 aromatic heterocycles. The minimum absolute atomic E-state index is 0.200. The van der Waals surface area contributed by atoms with Gasteiger partial charge in [0.2, 0.25) is 6.71 Å². The van der Waals surface area contributed by atoms with E-state index in [0.717, 1.165) is 6.42 Å². The van der Waals surface area contributed by atoms with Gasteiger partial charge >= 0.3 is 0 Å². The van der Waals surface area contributed by atoms with Crippen molar-refractivity contribution in [3.8, 4) is 0 Å². The van der Waals surface area contributed by atoms with Crippen LogP contribution in [0.1, 0.15) is 70.3 Å². The average Bonchev–Trinajstić information content (AvgIpc) is 2.83. The van der Waals surface area contributed by atoms with E-state index < -0.39 is 8.80 Å². The molecule has 0 aliphatic carbocycles. The van der Waals surface area contributed by atoms with E-state index in [1.54, 1.807) is 10.8 Å². The second kappa shape index (κ2) is 11.8. The number of allylic oxidation sites excluding steroid dienone is 2. The molecule has 1 atom stereocenters. The number of aryl methyl sites for hydroxylation is 7. The Hall–Kier alpha value is -2.78. The maximum absolute atomic E-state index is 2.57. The second-order valence-corrected chi connectivity index (χ2v) is 14.8. The van der Waals surface area contributed by atoms with Crippen molar-refractivity contribution < 1.29 is 0 Å². The third-order valence-corrected chi connectivity index (χ3v) is 10.1. The maximum Gasteiger partial charge on any atom is 0.242 e. The number of nitrogens with zero attached hydrogens (tertiary/aromatic N) is 1. The molecule has 1 radical (unpaired) electrons. The Balaban J connectivity index is 1.95. The van der Waals surface area contributed by atoms with E-state index in [0.29, 0.717) is 0 Å². The second-order valence-electron chi connectivity index (χ2n) is 12.3. The predicted molar refractivity (Wildman–Crippen MR) is 176 cm³/mol. The number of hydrogen-bond acceptors (Lipinski definition) is 1. The summed E-state index contributed by atoms with van der Waals surface area (Å²) < 4.78 is 0. The highest BCUT2D eigenvalue weighted by Crippen LogP contribution is 2.34. The van der Waals surface area contributed by atoms with Gasteiger partial charge in [0.1, 0.15) is 0 Å². The molecule has 0 amide bonds. The van der Waals surface area contributed by atoms with Gasteiger partial charge in [0, 0.05) is 7.05 Å². The van der Waals surface area contributed by atoms with E-state index >= 15 is 0 Å². The highest BCUT2D eigenvalue weighted by atomic mass is 28.3. The number of likely N-dealkylation sites (N-methyl/N-ethyl adjacent to an activating group) is 1. The van der Waals surface area contributed by atoms with Crippen LogP contribution < -0.4 is 16.4 Å². The predicted octanol–water partition coefficient (Wildman–Crippen LogP) is 7.25. The lowest BCUT2D eigenvalue weighted by Gasteiger charge is -2.34. The van der Waals surface area contributed by atoms with Crippen LogP contribution in [-0.4, -0.2) is 27.5 Å². The standard InChI is InChI=1S/C36H47BNSi/c1-12-13-30-20-33(38(9)22-34(30)39(10)11)32-21-31(15-14-25(32)4)37(35-26(5)16-23(2)17-27(35)6)36-28(7)18-24(3)19-29(36)8/h14-22,33H,12-13H2,1-11H3. The SMILES string of the molecule is CCCC1=CC(c2cc(B(c3c(C)cc(C)cc3C)c3c(C)cc(C)cc3C)ccc2C)N(C)C=C1[Si](C)C. The van der Waals surface area contributed by atoms with Crippen LogP contribution in [0.25, 0.3) is 0 Å². The molecule has 39 heavy (non-hydrogen) atoms. The molecule has 0 bridgehead atoms. The molecular weight excluding hydrogens is 485 g/mol. The summed E-state index contributed by atoms with van der Waals surface area (Å²) >= 11 is 0. The van der Waals surface area contributed by atoms with Gasteiger partial charge in [0.25, 0.3) is 0 Å². The van der Waals surface area contributed by atoms with E-state index in [-0.39, 0.29) is 12.8 Å². The highest BCUT2D eigenvalue weighted by Gasteiger charge is 2.30.